The van der Waals surface area contributed by atoms with Crippen LogP contribution in [0.4, 0.5) is 5.95 Å². The molecular formula is C14H21N5. The molecule has 0 aromatic carbocycles. The third-order valence-electron chi connectivity index (χ3n) is 4.37. The second kappa shape index (κ2) is 4.49. The van der Waals surface area contributed by atoms with E-state index in [0.717, 1.165) is 23.7 Å². The Bertz CT molecular complexity index is 583. The molecule has 1 aliphatic carbocycles. The number of nitrogens with one attached hydrogen (secondary N) is 1. The summed E-state index contributed by atoms with van der Waals surface area (Å²) in [6.07, 6.45) is 5.75. The molecule has 0 spiro atoms. The number of aryl methyl sites for hydroxylation is 1. The van der Waals surface area contributed by atoms with Gasteiger partial charge in [-0.15, -0.1) is 5.10 Å². The highest BCUT2D eigenvalue weighted by molar-refractivity contribution is 5.49. The van der Waals surface area contributed by atoms with Crippen molar-refractivity contribution in [2.24, 2.45) is 0 Å². The molecular weight excluding hydrogens is 238 g/mol. The van der Waals surface area contributed by atoms with Gasteiger partial charge < -0.3 is 10.2 Å². The summed E-state index contributed by atoms with van der Waals surface area (Å²) < 4.78 is 1.83. The van der Waals surface area contributed by atoms with Crippen molar-refractivity contribution in [3.63, 3.8) is 0 Å². The van der Waals surface area contributed by atoms with Crippen molar-refractivity contribution < 1.29 is 0 Å². The Hall–Kier alpha value is -1.62. The fraction of sp³-hybridized carbons (Fsp3) is 0.571. The lowest BCUT2D eigenvalue weighted by atomic mass is 9.75. The second-order valence-electron chi connectivity index (χ2n) is 5.72. The van der Waals surface area contributed by atoms with E-state index in [2.05, 4.69) is 47.4 Å². The number of rotatable bonds is 4. The number of aromatic nitrogens is 3. The summed E-state index contributed by atoms with van der Waals surface area (Å²) >= 11 is 0. The summed E-state index contributed by atoms with van der Waals surface area (Å²) in [7, 11) is 4.31. The number of hydrogen-bond donors (Lipinski definition) is 1. The van der Waals surface area contributed by atoms with Crippen LogP contribution < -0.4 is 5.32 Å². The predicted octanol–water partition coefficient (Wildman–Crippen LogP) is 1.93. The first-order valence-corrected chi connectivity index (χ1v) is 6.84. The summed E-state index contributed by atoms with van der Waals surface area (Å²) in [5.41, 5.74) is 2.36. The second-order valence-corrected chi connectivity index (χ2v) is 5.72. The molecule has 1 fully saturated rings. The molecule has 2 aromatic rings. The number of likely N-dealkylation sites (N-methyl/N-ethyl adjacent to an activating group) is 1. The lowest BCUT2D eigenvalue weighted by Gasteiger charge is -2.47. The van der Waals surface area contributed by atoms with Crippen molar-refractivity contribution in [3.8, 4) is 0 Å². The molecule has 0 unspecified atom stereocenters. The van der Waals surface area contributed by atoms with Gasteiger partial charge in [-0.1, -0.05) is 6.07 Å². The van der Waals surface area contributed by atoms with Gasteiger partial charge in [-0.25, -0.2) is 4.52 Å². The number of nitrogens with zero attached hydrogens (tertiary/aromatic N) is 4. The van der Waals surface area contributed by atoms with Gasteiger partial charge in [-0.2, -0.15) is 4.98 Å². The van der Waals surface area contributed by atoms with Gasteiger partial charge in [0.2, 0.25) is 5.95 Å². The normalized spacial score (nSPS) is 17.7. The molecule has 1 aliphatic rings. The molecule has 5 heteroatoms. The van der Waals surface area contributed by atoms with E-state index in [1.165, 1.54) is 19.3 Å². The minimum atomic E-state index is 0.284. The standard InChI is InChI=1S/C14H21N5/c1-11-6-4-9-19-12(11)16-13(17-19)15-10-14(18(2)3)7-5-8-14/h4,6,9H,5,7-8,10H2,1-3H3,(H,15,17). The van der Waals surface area contributed by atoms with Gasteiger partial charge in [0.05, 0.1) is 0 Å². The molecule has 1 N–H and O–H groups in total. The molecule has 2 heterocycles. The van der Waals surface area contributed by atoms with Gasteiger partial charge in [0.1, 0.15) is 0 Å². The molecule has 2 aromatic heterocycles. The zero-order valence-electron chi connectivity index (χ0n) is 11.8. The summed E-state index contributed by atoms with van der Waals surface area (Å²) in [5, 5.41) is 7.87. The van der Waals surface area contributed by atoms with Crippen LogP contribution in [-0.4, -0.2) is 45.7 Å². The molecule has 0 aliphatic heterocycles. The fourth-order valence-electron chi connectivity index (χ4n) is 2.72. The maximum Gasteiger partial charge on any atom is 0.243 e. The first kappa shape index (κ1) is 12.4. The van der Waals surface area contributed by atoms with Crippen molar-refractivity contribution in [2.75, 3.05) is 26.0 Å². The minimum absolute atomic E-state index is 0.284. The highest BCUT2D eigenvalue weighted by Gasteiger charge is 2.38. The topological polar surface area (TPSA) is 45.5 Å². The number of hydrogen-bond acceptors (Lipinski definition) is 4. The van der Waals surface area contributed by atoms with Crippen LogP contribution in [0.25, 0.3) is 5.65 Å². The van der Waals surface area contributed by atoms with Crippen molar-refractivity contribution in [3.05, 3.63) is 23.9 Å². The van der Waals surface area contributed by atoms with Crippen LogP contribution >= 0.6 is 0 Å². The average molecular weight is 259 g/mol. The SMILES string of the molecule is Cc1cccn2nc(NCC3(N(C)C)CCC3)nc12. The van der Waals surface area contributed by atoms with Gasteiger partial charge in [-0.05, 0) is 51.9 Å². The largest absolute Gasteiger partial charge is 0.351 e. The van der Waals surface area contributed by atoms with Crippen LogP contribution in [0.5, 0.6) is 0 Å². The Morgan fingerprint density at radius 1 is 1.42 bits per heavy atom. The van der Waals surface area contributed by atoms with E-state index in [4.69, 9.17) is 0 Å². The third-order valence-corrected chi connectivity index (χ3v) is 4.37. The Balaban J connectivity index is 1.77. The smallest absolute Gasteiger partial charge is 0.243 e. The molecule has 0 bridgehead atoms. The van der Waals surface area contributed by atoms with Gasteiger partial charge in [0.25, 0.3) is 0 Å². The molecule has 19 heavy (non-hydrogen) atoms. The van der Waals surface area contributed by atoms with Gasteiger partial charge in [-0.3, -0.25) is 0 Å². The van der Waals surface area contributed by atoms with Crippen molar-refractivity contribution in [1.82, 2.24) is 19.5 Å². The van der Waals surface area contributed by atoms with E-state index in [9.17, 15) is 0 Å². The average Bonchev–Trinajstić information content (AvgIpc) is 2.71. The summed E-state index contributed by atoms with van der Waals surface area (Å²) in [6, 6.07) is 4.05. The van der Waals surface area contributed by atoms with E-state index in [0.29, 0.717) is 0 Å². The van der Waals surface area contributed by atoms with E-state index < -0.39 is 0 Å². The first-order chi connectivity index (χ1) is 9.11. The lowest BCUT2D eigenvalue weighted by molar-refractivity contribution is 0.0737. The molecule has 0 radical (unpaired) electrons. The van der Waals surface area contributed by atoms with Gasteiger partial charge in [0.15, 0.2) is 5.65 Å². The van der Waals surface area contributed by atoms with Crippen LogP contribution in [0, 0.1) is 6.92 Å². The summed E-state index contributed by atoms with van der Waals surface area (Å²) in [6.45, 7) is 2.97. The zero-order chi connectivity index (χ0) is 13.5. The lowest BCUT2D eigenvalue weighted by Crippen LogP contribution is -2.54. The van der Waals surface area contributed by atoms with Crippen molar-refractivity contribution >= 4 is 11.6 Å². The molecule has 0 saturated heterocycles. The molecule has 0 atom stereocenters. The Morgan fingerprint density at radius 2 is 2.21 bits per heavy atom. The molecule has 0 amide bonds. The number of pyridine rings is 1. The first-order valence-electron chi connectivity index (χ1n) is 6.84. The van der Waals surface area contributed by atoms with E-state index in [1.807, 2.05) is 16.8 Å². The number of anilines is 1. The molecule has 5 nitrogen and oxygen atoms in total. The number of fused-ring (bicyclic) bond motifs is 1. The maximum atomic E-state index is 4.56. The van der Waals surface area contributed by atoms with Crippen LogP contribution in [0.1, 0.15) is 24.8 Å². The van der Waals surface area contributed by atoms with E-state index in [1.54, 1.807) is 0 Å². The summed E-state index contributed by atoms with van der Waals surface area (Å²) in [5.74, 6) is 0.724. The monoisotopic (exact) mass is 259 g/mol. The van der Waals surface area contributed by atoms with Crippen LogP contribution in [0.2, 0.25) is 0 Å². The highest BCUT2D eigenvalue weighted by Crippen LogP contribution is 2.36. The van der Waals surface area contributed by atoms with Gasteiger partial charge >= 0.3 is 0 Å². The van der Waals surface area contributed by atoms with E-state index >= 15 is 0 Å². The third kappa shape index (κ3) is 2.08. The Kier molecular flexibility index (Phi) is 2.93. The van der Waals surface area contributed by atoms with Crippen molar-refractivity contribution in [2.45, 2.75) is 31.7 Å². The van der Waals surface area contributed by atoms with Crippen LogP contribution in [0.15, 0.2) is 18.3 Å². The quantitative estimate of drug-likeness (QED) is 0.911. The molecule has 102 valence electrons. The fourth-order valence-corrected chi connectivity index (χ4v) is 2.72. The van der Waals surface area contributed by atoms with Crippen LogP contribution in [-0.2, 0) is 0 Å². The Morgan fingerprint density at radius 3 is 2.79 bits per heavy atom. The van der Waals surface area contributed by atoms with Gasteiger partial charge in [0, 0.05) is 18.3 Å². The van der Waals surface area contributed by atoms with Crippen LogP contribution in [0.3, 0.4) is 0 Å². The zero-order valence-corrected chi connectivity index (χ0v) is 11.8. The highest BCUT2D eigenvalue weighted by atomic mass is 15.4. The summed E-state index contributed by atoms with van der Waals surface area (Å²) in [4.78, 5) is 6.88. The maximum absolute atomic E-state index is 4.56. The van der Waals surface area contributed by atoms with E-state index in [-0.39, 0.29) is 5.54 Å². The molecule has 3 rings (SSSR count). The minimum Gasteiger partial charge on any atom is -0.351 e. The molecule has 1 saturated carbocycles. The Labute approximate surface area is 113 Å². The predicted molar refractivity (Wildman–Crippen MR) is 76.5 cm³/mol. The van der Waals surface area contributed by atoms with Crippen molar-refractivity contribution in [1.29, 1.82) is 0 Å².